The highest BCUT2D eigenvalue weighted by Crippen LogP contribution is 2.30. The highest BCUT2D eigenvalue weighted by molar-refractivity contribution is 7.99. The van der Waals surface area contributed by atoms with Gasteiger partial charge in [0.15, 0.2) is 0 Å². The van der Waals surface area contributed by atoms with E-state index in [0.717, 1.165) is 11.1 Å². The molecule has 2 rings (SSSR count). The number of benzene rings is 2. The van der Waals surface area contributed by atoms with Crippen molar-refractivity contribution in [2.45, 2.75) is 12.2 Å². The SMILES string of the molecule is CCOC(=O)C(SC)c1ccc(-c2ccccc2)cc1. The average Bonchev–Trinajstić information content (AvgIpc) is 2.50. The fraction of sp³-hybridized carbons (Fsp3) is 0.235. The number of ether oxygens (including phenoxy) is 1. The molecule has 0 radical (unpaired) electrons. The Morgan fingerprint density at radius 2 is 1.65 bits per heavy atom. The van der Waals surface area contributed by atoms with Crippen molar-refractivity contribution in [3.63, 3.8) is 0 Å². The second-order valence-corrected chi connectivity index (χ2v) is 5.30. The molecule has 0 heterocycles. The van der Waals surface area contributed by atoms with E-state index in [-0.39, 0.29) is 11.2 Å². The van der Waals surface area contributed by atoms with Crippen LogP contribution in [0.4, 0.5) is 0 Å². The van der Waals surface area contributed by atoms with E-state index in [9.17, 15) is 4.79 Å². The van der Waals surface area contributed by atoms with Crippen LogP contribution in [0, 0.1) is 0 Å². The van der Waals surface area contributed by atoms with Gasteiger partial charge in [-0.1, -0.05) is 54.6 Å². The van der Waals surface area contributed by atoms with E-state index in [4.69, 9.17) is 4.74 Å². The first kappa shape index (κ1) is 14.7. The molecule has 0 amide bonds. The predicted molar refractivity (Wildman–Crippen MR) is 84.8 cm³/mol. The molecule has 3 heteroatoms. The number of carbonyl (C=O) groups is 1. The first-order valence-electron chi connectivity index (χ1n) is 6.61. The van der Waals surface area contributed by atoms with Gasteiger partial charge < -0.3 is 4.74 Å². The summed E-state index contributed by atoms with van der Waals surface area (Å²) in [5.41, 5.74) is 3.31. The molecular formula is C17H18O2S. The standard InChI is InChI=1S/C17H18O2S/c1-3-19-17(18)16(20-2)15-11-9-14(10-12-15)13-7-5-4-6-8-13/h4-12,16H,3H2,1-2H3. The normalized spacial score (nSPS) is 11.9. The number of thioether (sulfide) groups is 1. The molecule has 0 saturated carbocycles. The fourth-order valence-corrected chi connectivity index (χ4v) is 2.76. The lowest BCUT2D eigenvalue weighted by molar-refractivity contribution is -0.142. The first-order chi connectivity index (χ1) is 9.76. The van der Waals surface area contributed by atoms with Crippen molar-refractivity contribution in [1.82, 2.24) is 0 Å². The zero-order valence-corrected chi connectivity index (χ0v) is 12.5. The fourth-order valence-electron chi connectivity index (χ4n) is 2.07. The van der Waals surface area contributed by atoms with Gasteiger partial charge in [-0.3, -0.25) is 4.79 Å². The molecule has 2 aromatic rings. The highest BCUT2D eigenvalue weighted by atomic mass is 32.2. The van der Waals surface area contributed by atoms with E-state index in [0.29, 0.717) is 6.61 Å². The smallest absolute Gasteiger partial charge is 0.323 e. The van der Waals surface area contributed by atoms with Gasteiger partial charge in [0.25, 0.3) is 0 Å². The third-order valence-corrected chi connectivity index (χ3v) is 3.99. The molecule has 0 saturated heterocycles. The van der Waals surface area contributed by atoms with Gasteiger partial charge >= 0.3 is 5.97 Å². The molecule has 0 aromatic heterocycles. The van der Waals surface area contributed by atoms with Crippen molar-refractivity contribution in [3.05, 3.63) is 60.2 Å². The topological polar surface area (TPSA) is 26.3 Å². The highest BCUT2D eigenvalue weighted by Gasteiger charge is 2.20. The van der Waals surface area contributed by atoms with Gasteiger partial charge in [0.05, 0.1) is 6.61 Å². The summed E-state index contributed by atoms with van der Waals surface area (Å²) in [6, 6.07) is 18.3. The minimum Gasteiger partial charge on any atom is -0.465 e. The molecule has 2 aromatic carbocycles. The van der Waals surface area contributed by atoms with E-state index in [1.807, 2.05) is 55.6 Å². The number of esters is 1. The molecule has 1 unspecified atom stereocenters. The monoisotopic (exact) mass is 286 g/mol. The largest absolute Gasteiger partial charge is 0.465 e. The lowest BCUT2D eigenvalue weighted by Crippen LogP contribution is -2.12. The van der Waals surface area contributed by atoms with Crippen molar-refractivity contribution < 1.29 is 9.53 Å². The van der Waals surface area contributed by atoms with Crippen molar-refractivity contribution >= 4 is 17.7 Å². The van der Waals surface area contributed by atoms with Gasteiger partial charge in [-0.2, -0.15) is 0 Å². The van der Waals surface area contributed by atoms with Crippen molar-refractivity contribution in [2.75, 3.05) is 12.9 Å². The minimum absolute atomic E-state index is 0.174. The van der Waals surface area contributed by atoms with Crippen LogP contribution in [0.3, 0.4) is 0 Å². The molecule has 0 aliphatic carbocycles. The maximum Gasteiger partial charge on any atom is 0.323 e. The molecule has 0 aliphatic rings. The molecule has 0 fully saturated rings. The Morgan fingerprint density at radius 1 is 1.05 bits per heavy atom. The van der Waals surface area contributed by atoms with Crippen LogP contribution < -0.4 is 0 Å². The first-order valence-corrected chi connectivity index (χ1v) is 7.90. The maximum absolute atomic E-state index is 11.9. The van der Waals surface area contributed by atoms with Crippen LogP contribution in [0.2, 0.25) is 0 Å². The summed E-state index contributed by atoms with van der Waals surface area (Å²) in [6.45, 7) is 2.24. The van der Waals surface area contributed by atoms with Gasteiger partial charge in [-0.05, 0) is 29.9 Å². The number of rotatable bonds is 5. The third-order valence-electron chi connectivity index (χ3n) is 3.06. The van der Waals surface area contributed by atoms with E-state index < -0.39 is 0 Å². The van der Waals surface area contributed by atoms with Gasteiger partial charge in [0.2, 0.25) is 0 Å². The van der Waals surface area contributed by atoms with Crippen LogP contribution >= 0.6 is 11.8 Å². The Morgan fingerprint density at radius 3 is 2.20 bits per heavy atom. The Labute approximate surface area is 124 Å². The van der Waals surface area contributed by atoms with Gasteiger partial charge in [-0.15, -0.1) is 11.8 Å². The molecule has 104 valence electrons. The lowest BCUT2D eigenvalue weighted by atomic mass is 10.0. The van der Waals surface area contributed by atoms with E-state index in [2.05, 4.69) is 12.1 Å². The number of hydrogen-bond donors (Lipinski definition) is 0. The minimum atomic E-state index is -0.250. The van der Waals surface area contributed by atoms with Crippen LogP contribution in [0.25, 0.3) is 11.1 Å². The Hall–Kier alpha value is -1.74. The molecule has 2 nitrogen and oxygen atoms in total. The van der Waals surface area contributed by atoms with Crippen LogP contribution in [0.5, 0.6) is 0 Å². The summed E-state index contributed by atoms with van der Waals surface area (Å²) in [6.07, 6.45) is 1.92. The average molecular weight is 286 g/mol. The maximum atomic E-state index is 11.9. The molecular weight excluding hydrogens is 268 g/mol. The second kappa shape index (κ2) is 7.15. The third kappa shape index (κ3) is 3.42. The van der Waals surface area contributed by atoms with Crippen molar-refractivity contribution in [3.8, 4) is 11.1 Å². The van der Waals surface area contributed by atoms with Crippen LogP contribution in [0.15, 0.2) is 54.6 Å². The molecule has 0 aliphatic heterocycles. The van der Waals surface area contributed by atoms with Crippen LogP contribution in [-0.4, -0.2) is 18.8 Å². The molecule has 0 bridgehead atoms. The predicted octanol–water partition coefficient (Wildman–Crippen LogP) is 4.32. The number of hydrogen-bond acceptors (Lipinski definition) is 3. The Balaban J connectivity index is 2.21. The zero-order valence-electron chi connectivity index (χ0n) is 11.7. The zero-order chi connectivity index (χ0) is 14.4. The summed E-state index contributed by atoms with van der Waals surface area (Å²) in [7, 11) is 0. The van der Waals surface area contributed by atoms with Gasteiger partial charge in [-0.25, -0.2) is 0 Å². The lowest BCUT2D eigenvalue weighted by Gasteiger charge is -2.14. The molecule has 20 heavy (non-hydrogen) atoms. The van der Waals surface area contributed by atoms with Crippen molar-refractivity contribution in [1.29, 1.82) is 0 Å². The van der Waals surface area contributed by atoms with Gasteiger partial charge in [0, 0.05) is 0 Å². The number of carbonyl (C=O) groups excluding carboxylic acids is 1. The van der Waals surface area contributed by atoms with E-state index >= 15 is 0 Å². The Kier molecular flexibility index (Phi) is 5.24. The summed E-state index contributed by atoms with van der Waals surface area (Å²) < 4.78 is 5.10. The summed E-state index contributed by atoms with van der Waals surface area (Å²) in [4.78, 5) is 11.9. The van der Waals surface area contributed by atoms with Crippen LogP contribution in [-0.2, 0) is 9.53 Å². The molecule has 0 N–H and O–H groups in total. The van der Waals surface area contributed by atoms with E-state index in [1.165, 1.54) is 17.3 Å². The summed E-state index contributed by atoms with van der Waals surface area (Å²) in [5, 5.41) is -0.250. The molecule has 0 spiro atoms. The second-order valence-electron chi connectivity index (χ2n) is 4.36. The van der Waals surface area contributed by atoms with E-state index in [1.54, 1.807) is 0 Å². The quantitative estimate of drug-likeness (QED) is 0.766. The summed E-state index contributed by atoms with van der Waals surface area (Å²) >= 11 is 1.50. The Bertz CT molecular complexity index is 549. The summed E-state index contributed by atoms with van der Waals surface area (Å²) in [5.74, 6) is -0.174. The molecule has 1 atom stereocenters. The van der Waals surface area contributed by atoms with Gasteiger partial charge in [0.1, 0.15) is 5.25 Å². The van der Waals surface area contributed by atoms with Crippen LogP contribution in [0.1, 0.15) is 17.7 Å². The van der Waals surface area contributed by atoms with Crippen molar-refractivity contribution in [2.24, 2.45) is 0 Å².